The lowest BCUT2D eigenvalue weighted by Crippen LogP contribution is -2.40. The maximum absolute atomic E-state index is 6.10. The van der Waals surface area contributed by atoms with Crippen LogP contribution in [0.4, 0.5) is 5.69 Å². The van der Waals surface area contributed by atoms with Gasteiger partial charge in [-0.05, 0) is 41.7 Å². The summed E-state index contributed by atoms with van der Waals surface area (Å²) in [7, 11) is 0. The molecule has 0 saturated carbocycles. The third-order valence-electron chi connectivity index (χ3n) is 4.98. The van der Waals surface area contributed by atoms with Crippen LogP contribution in [0.2, 0.25) is 0 Å². The number of rotatable bonds is 6. The minimum absolute atomic E-state index is 0. The molecule has 1 aliphatic rings. The first-order chi connectivity index (χ1) is 13.5. The molecule has 5 nitrogen and oxygen atoms in total. The van der Waals surface area contributed by atoms with Crippen molar-refractivity contribution in [1.29, 1.82) is 0 Å². The van der Waals surface area contributed by atoms with Crippen LogP contribution in [0.1, 0.15) is 43.4 Å². The molecular weight excluding hydrogens is 475 g/mol. The fraction of sp³-hybridized carbons (Fsp3) is 0.435. The Kier molecular flexibility index (Phi) is 9.39. The van der Waals surface area contributed by atoms with E-state index in [1.54, 1.807) is 0 Å². The Labute approximate surface area is 191 Å². The fourth-order valence-corrected chi connectivity index (χ4v) is 3.46. The molecule has 1 atom stereocenters. The first kappa shape index (κ1) is 23.6. The highest BCUT2D eigenvalue weighted by atomic mass is 127. The molecule has 0 radical (unpaired) electrons. The van der Waals surface area contributed by atoms with Gasteiger partial charge in [0.15, 0.2) is 5.96 Å². The van der Waals surface area contributed by atoms with Crippen molar-refractivity contribution in [3.63, 3.8) is 0 Å². The summed E-state index contributed by atoms with van der Waals surface area (Å²) in [4.78, 5) is 6.95. The van der Waals surface area contributed by atoms with Gasteiger partial charge in [-0.3, -0.25) is 4.90 Å². The van der Waals surface area contributed by atoms with Crippen molar-refractivity contribution in [2.24, 2.45) is 10.7 Å². The highest BCUT2D eigenvalue weighted by Crippen LogP contribution is 2.18. The third-order valence-corrected chi connectivity index (χ3v) is 4.98. The molecule has 6 heteroatoms. The van der Waals surface area contributed by atoms with E-state index in [0.717, 1.165) is 31.9 Å². The van der Waals surface area contributed by atoms with Gasteiger partial charge in [0.2, 0.25) is 0 Å². The largest absolute Gasteiger partial charge is 0.376 e. The van der Waals surface area contributed by atoms with Crippen molar-refractivity contribution in [2.75, 3.05) is 25.0 Å². The minimum Gasteiger partial charge on any atom is -0.376 e. The first-order valence-electron chi connectivity index (χ1n) is 10.1. The lowest BCUT2D eigenvalue weighted by molar-refractivity contribution is -0.0212. The van der Waals surface area contributed by atoms with Gasteiger partial charge in [-0.1, -0.05) is 50.2 Å². The van der Waals surface area contributed by atoms with E-state index in [1.807, 2.05) is 12.1 Å². The normalized spacial score (nSPS) is 17.8. The van der Waals surface area contributed by atoms with Crippen molar-refractivity contribution in [2.45, 2.75) is 45.9 Å². The summed E-state index contributed by atoms with van der Waals surface area (Å²) in [5, 5.41) is 3.20. The second-order valence-corrected chi connectivity index (χ2v) is 7.84. The van der Waals surface area contributed by atoms with Gasteiger partial charge in [-0.15, -0.1) is 24.0 Å². The monoisotopic (exact) mass is 508 g/mol. The summed E-state index contributed by atoms with van der Waals surface area (Å²) < 4.78 is 5.62. The Bertz CT molecular complexity index is 809. The zero-order chi connectivity index (χ0) is 19.9. The molecule has 1 heterocycles. The summed E-state index contributed by atoms with van der Waals surface area (Å²) in [6, 6.07) is 16.9. The van der Waals surface area contributed by atoms with E-state index in [2.05, 4.69) is 72.4 Å². The maximum atomic E-state index is 6.10. The van der Waals surface area contributed by atoms with Gasteiger partial charge < -0.3 is 15.8 Å². The molecule has 29 heavy (non-hydrogen) atoms. The number of nitrogens with zero attached hydrogens (tertiary/aromatic N) is 2. The lowest BCUT2D eigenvalue weighted by Gasteiger charge is -2.31. The second kappa shape index (κ2) is 11.5. The van der Waals surface area contributed by atoms with Crippen molar-refractivity contribution < 1.29 is 4.74 Å². The molecule has 0 aliphatic carbocycles. The van der Waals surface area contributed by atoms with E-state index in [-0.39, 0.29) is 24.0 Å². The number of aliphatic imine (C=N–C) groups is 1. The number of morpholine rings is 1. The average Bonchev–Trinajstić information content (AvgIpc) is 2.67. The number of halogens is 1. The summed E-state index contributed by atoms with van der Waals surface area (Å²) in [6.45, 7) is 10.8. The molecule has 158 valence electrons. The summed E-state index contributed by atoms with van der Waals surface area (Å²) >= 11 is 0. The number of nitrogens with one attached hydrogen (secondary N) is 1. The Hall–Kier alpha value is -1.64. The topological polar surface area (TPSA) is 62.9 Å². The number of hydrogen-bond acceptors (Lipinski definition) is 3. The second-order valence-electron chi connectivity index (χ2n) is 7.84. The SMILES string of the molecule is CC1CN(Cc2cccc(CN=C(N)Nc3cccc(C(C)C)c3)c2)CCO1.I. The van der Waals surface area contributed by atoms with Crippen LogP contribution in [0.15, 0.2) is 53.5 Å². The lowest BCUT2D eigenvalue weighted by atomic mass is 10.0. The van der Waals surface area contributed by atoms with E-state index < -0.39 is 0 Å². The zero-order valence-electron chi connectivity index (χ0n) is 17.6. The number of guanidine groups is 1. The molecule has 1 fully saturated rings. The van der Waals surface area contributed by atoms with Crippen LogP contribution in [-0.4, -0.2) is 36.7 Å². The summed E-state index contributed by atoms with van der Waals surface area (Å²) in [5.41, 5.74) is 10.8. The molecule has 3 rings (SSSR count). The first-order valence-corrected chi connectivity index (χ1v) is 10.1. The Balaban J connectivity index is 0.00000300. The number of anilines is 1. The molecule has 3 N–H and O–H groups in total. The Morgan fingerprint density at radius 3 is 2.72 bits per heavy atom. The highest BCUT2D eigenvalue weighted by Gasteiger charge is 2.16. The van der Waals surface area contributed by atoms with E-state index in [0.29, 0.717) is 24.5 Å². The minimum atomic E-state index is 0. The highest BCUT2D eigenvalue weighted by molar-refractivity contribution is 14.0. The van der Waals surface area contributed by atoms with Gasteiger partial charge in [0.25, 0.3) is 0 Å². The van der Waals surface area contributed by atoms with Gasteiger partial charge in [0.05, 0.1) is 19.3 Å². The van der Waals surface area contributed by atoms with Crippen molar-refractivity contribution in [1.82, 2.24) is 4.90 Å². The number of hydrogen-bond donors (Lipinski definition) is 2. The summed E-state index contributed by atoms with van der Waals surface area (Å²) in [5.74, 6) is 0.922. The van der Waals surface area contributed by atoms with Gasteiger partial charge in [0, 0.05) is 25.3 Å². The van der Waals surface area contributed by atoms with Crippen LogP contribution in [0, 0.1) is 0 Å². The number of benzene rings is 2. The molecule has 0 aromatic heterocycles. The smallest absolute Gasteiger partial charge is 0.193 e. The maximum Gasteiger partial charge on any atom is 0.193 e. The molecule has 1 aliphatic heterocycles. The number of nitrogens with two attached hydrogens (primary N) is 1. The molecule has 0 spiro atoms. The predicted molar refractivity (Wildman–Crippen MR) is 132 cm³/mol. The van der Waals surface area contributed by atoms with Gasteiger partial charge in [0.1, 0.15) is 0 Å². The number of ether oxygens (including phenoxy) is 1. The van der Waals surface area contributed by atoms with Crippen LogP contribution in [0.5, 0.6) is 0 Å². The van der Waals surface area contributed by atoms with E-state index in [9.17, 15) is 0 Å². The van der Waals surface area contributed by atoms with E-state index in [1.165, 1.54) is 16.7 Å². The summed E-state index contributed by atoms with van der Waals surface area (Å²) in [6.07, 6.45) is 0.307. The molecule has 2 aromatic carbocycles. The Morgan fingerprint density at radius 2 is 1.97 bits per heavy atom. The van der Waals surface area contributed by atoms with Gasteiger partial charge >= 0.3 is 0 Å². The third kappa shape index (κ3) is 7.60. The van der Waals surface area contributed by atoms with Crippen LogP contribution in [0.3, 0.4) is 0 Å². The van der Waals surface area contributed by atoms with Crippen molar-refractivity contribution >= 4 is 35.6 Å². The predicted octanol–water partition coefficient (Wildman–Crippen LogP) is 4.58. The average molecular weight is 508 g/mol. The molecule has 0 amide bonds. The fourth-order valence-electron chi connectivity index (χ4n) is 3.46. The zero-order valence-corrected chi connectivity index (χ0v) is 19.9. The van der Waals surface area contributed by atoms with Crippen molar-refractivity contribution in [3.8, 4) is 0 Å². The molecule has 1 saturated heterocycles. The Morgan fingerprint density at radius 1 is 1.21 bits per heavy atom. The molecule has 0 bridgehead atoms. The molecule has 1 unspecified atom stereocenters. The van der Waals surface area contributed by atoms with Crippen LogP contribution < -0.4 is 11.1 Å². The van der Waals surface area contributed by atoms with Crippen molar-refractivity contribution in [3.05, 3.63) is 65.2 Å². The van der Waals surface area contributed by atoms with E-state index in [4.69, 9.17) is 10.5 Å². The van der Waals surface area contributed by atoms with Crippen LogP contribution >= 0.6 is 24.0 Å². The van der Waals surface area contributed by atoms with E-state index >= 15 is 0 Å². The quantitative estimate of drug-likeness (QED) is 0.341. The molecular formula is C23H33IN4O. The standard InChI is InChI=1S/C23H32N4O.HI/c1-17(2)21-8-5-9-22(13-21)26-23(24)25-14-19-6-4-7-20(12-19)16-27-10-11-28-18(3)15-27;/h4-9,12-13,17-18H,10-11,14-16H2,1-3H3,(H3,24,25,26);1H. The van der Waals surface area contributed by atoms with Crippen LogP contribution in [-0.2, 0) is 17.8 Å². The van der Waals surface area contributed by atoms with Crippen LogP contribution in [0.25, 0.3) is 0 Å². The molecule has 2 aromatic rings. The van der Waals surface area contributed by atoms with Gasteiger partial charge in [-0.2, -0.15) is 0 Å². The van der Waals surface area contributed by atoms with Gasteiger partial charge in [-0.25, -0.2) is 4.99 Å².